The van der Waals surface area contributed by atoms with Crippen molar-refractivity contribution in [3.8, 4) is 5.69 Å². The van der Waals surface area contributed by atoms with E-state index in [1.807, 2.05) is 48.5 Å². The van der Waals surface area contributed by atoms with Crippen molar-refractivity contribution < 1.29 is 9.53 Å². The van der Waals surface area contributed by atoms with Crippen LogP contribution in [0.25, 0.3) is 5.69 Å². The molecule has 1 amide bonds. The van der Waals surface area contributed by atoms with Gasteiger partial charge in [0.25, 0.3) is 0 Å². The maximum Gasteiger partial charge on any atom is 0.231 e. The van der Waals surface area contributed by atoms with E-state index in [0.717, 1.165) is 16.8 Å². The van der Waals surface area contributed by atoms with Crippen LogP contribution in [0.4, 0.5) is 0 Å². The van der Waals surface area contributed by atoms with Gasteiger partial charge in [-0.05, 0) is 48.2 Å². The van der Waals surface area contributed by atoms with Gasteiger partial charge in [-0.2, -0.15) is 5.10 Å². The van der Waals surface area contributed by atoms with Gasteiger partial charge in [0.2, 0.25) is 5.91 Å². The summed E-state index contributed by atoms with van der Waals surface area (Å²) in [7, 11) is 0. The monoisotopic (exact) mass is 396 g/mol. The number of carbonyl (C=O) groups is 1. The molecule has 1 fully saturated rings. The number of halogens is 1. The van der Waals surface area contributed by atoms with Crippen molar-refractivity contribution >= 4 is 17.5 Å². The van der Waals surface area contributed by atoms with Gasteiger partial charge in [-0.1, -0.05) is 35.9 Å². The Morgan fingerprint density at radius 1 is 1.18 bits per heavy atom. The second-order valence-electron chi connectivity index (χ2n) is 6.89. The van der Waals surface area contributed by atoms with E-state index in [2.05, 4.69) is 15.4 Å². The van der Waals surface area contributed by atoms with Crippen molar-refractivity contribution in [2.45, 2.75) is 24.8 Å². The van der Waals surface area contributed by atoms with Crippen LogP contribution >= 0.6 is 11.6 Å². The van der Waals surface area contributed by atoms with Gasteiger partial charge in [-0.15, -0.1) is 0 Å². The molecule has 2 heterocycles. The molecule has 0 bridgehead atoms. The van der Waals surface area contributed by atoms with Crippen LogP contribution < -0.4 is 5.32 Å². The van der Waals surface area contributed by atoms with E-state index in [1.165, 1.54) is 6.33 Å². The third-order valence-electron chi connectivity index (χ3n) is 5.23. The van der Waals surface area contributed by atoms with E-state index in [4.69, 9.17) is 16.3 Å². The predicted octanol–water partition coefficient (Wildman–Crippen LogP) is 3.29. The average Bonchev–Trinajstić information content (AvgIpc) is 3.28. The van der Waals surface area contributed by atoms with Crippen molar-refractivity contribution in [2.75, 3.05) is 13.2 Å². The lowest BCUT2D eigenvalue weighted by Gasteiger charge is -2.36. The van der Waals surface area contributed by atoms with Gasteiger partial charge in [-0.3, -0.25) is 4.79 Å². The molecule has 1 aliphatic heterocycles. The smallest absolute Gasteiger partial charge is 0.231 e. The van der Waals surface area contributed by atoms with E-state index >= 15 is 0 Å². The Bertz CT molecular complexity index is 935. The molecule has 0 spiro atoms. The van der Waals surface area contributed by atoms with Crippen LogP contribution in [0.5, 0.6) is 0 Å². The van der Waals surface area contributed by atoms with Gasteiger partial charge in [0, 0.05) is 24.8 Å². The number of ether oxygens (including phenoxy) is 1. The zero-order valence-electron chi connectivity index (χ0n) is 15.3. The molecule has 0 atom stereocenters. The Kier molecular flexibility index (Phi) is 5.41. The van der Waals surface area contributed by atoms with Crippen molar-refractivity contribution in [2.24, 2.45) is 0 Å². The van der Waals surface area contributed by atoms with E-state index in [-0.39, 0.29) is 5.91 Å². The fourth-order valence-corrected chi connectivity index (χ4v) is 3.80. The van der Waals surface area contributed by atoms with Crippen molar-refractivity contribution in [3.63, 3.8) is 0 Å². The minimum absolute atomic E-state index is 0.0124. The summed E-state index contributed by atoms with van der Waals surface area (Å²) in [6.07, 6.45) is 4.43. The number of nitrogens with one attached hydrogen (secondary N) is 1. The molecule has 1 N–H and O–H groups in total. The lowest BCUT2D eigenvalue weighted by atomic mass is 9.73. The van der Waals surface area contributed by atoms with Gasteiger partial charge in [0.05, 0.1) is 11.1 Å². The molecule has 28 heavy (non-hydrogen) atoms. The number of hydrogen-bond donors (Lipinski definition) is 1. The lowest BCUT2D eigenvalue weighted by Crippen LogP contribution is -2.47. The van der Waals surface area contributed by atoms with Crippen LogP contribution in [0.2, 0.25) is 5.02 Å². The third kappa shape index (κ3) is 3.79. The van der Waals surface area contributed by atoms with Crippen LogP contribution in [0.1, 0.15) is 24.0 Å². The highest BCUT2D eigenvalue weighted by molar-refractivity contribution is 6.30. The number of benzene rings is 2. The molecule has 6 nitrogen and oxygen atoms in total. The molecule has 4 rings (SSSR count). The molecule has 3 aromatic rings. The Morgan fingerprint density at radius 3 is 2.64 bits per heavy atom. The van der Waals surface area contributed by atoms with Crippen LogP contribution in [0.15, 0.2) is 61.2 Å². The third-order valence-corrected chi connectivity index (χ3v) is 5.47. The molecule has 0 radical (unpaired) electrons. The summed E-state index contributed by atoms with van der Waals surface area (Å²) >= 11 is 6.19. The van der Waals surface area contributed by atoms with Gasteiger partial charge >= 0.3 is 0 Å². The molecule has 0 aliphatic carbocycles. The predicted molar refractivity (Wildman–Crippen MR) is 106 cm³/mol. The van der Waals surface area contributed by atoms with Gasteiger partial charge in [-0.25, -0.2) is 9.67 Å². The number of carbonyl (C=O) groups excluding carboxylic acids is 1. The largest absolute Gasteiger partial charge is 0.381 e. The first-order valence-corrected chi connectivity index (χ1v) is 9.61. The standard InChI is InChI=1S/C21H21ClN4O2/c22-18-3-1-2-17(12-18)21(8-10-28-11-9-21)20(27)24-13-16-4-6-19(7-5-16)26-15-23-14-25-26/h1-7,12,14-15H,8-11,13H2,(H,24,27). The van der Waals surface area contributed by atoms with Crippen molar-refractivity contribution in [3.05, 3.63) is 77.3 Å². The molecule has 1 aromatic heterocycles. The molecule has 2 aromatic carbocycles. The first kappa shape index (κ1) is 18.7. The second kappa shape index (κ2) is 8.12. The highest BCUT2D eigenvalue weighted by atomic mass is 35.5. The van der Waals surface area contributed by atoms with Crippen molar-refractivity contribution in [1.82, 2.24) is 20.1 Å². The lowest BCUT2D eigenvalue weighted by molar-refractivity contribution is -0.130. The van der Waals surface area contributed by atoms with Crippen molar-refractivity contribution in [1.29, 1.82) is 0 Å². The number of aromatic nitrogens is 3. The summed E-state index contributed by atoms with van der Waals surface area (Å²) in [6.45, 7) is 1.58. The molecular weight excluding hydrogens is 376 g/mol. The van der Waals surface area contributed by atoms with Gasteiger partial charge < -0.3 is 10.1 Å². The maximum absolute atomic E-state index is 13.2. The minimum Gasteiger partial charge on any atom is -0.381 e. The molecular formula is C21H21ClN4O2. The maximum atomic E-state index is 13.2. The summed E-state index contributed by atoms with van der Waals surface area (Å²) in [6, 6.07) is 15.5. The molecule has 1 aliphatic rings. The topological polar surface area (TPSA) is 69.0 Å². The highest BCUT2D eigenvalue weighted by Crippen LogP contribution is 2.36. The Hall–Kier alpha value is -2.70. The summed E-state index contributed by atoms with van der Waals surface area (Å²) in [5.74, 6) is 0.0124. The summed E-state index contributed by atoms with van der Waals surface area (Å²) in [5.41, 5.74) is 2.28. The Balaban J connectivity index is 1.49. The van der Waals surface area contributed by atoms with E-state index < -0.39 is 5.41 Å². The molecule has 0 saturated carbocycles. The first-order valence-electron chi connectivity index (χ1n) is 9.23. The van der Waals surface area contributed by atoms with Crippen LogP contribution in [0, 0.1) is 0 Å². The van der Waals surface area contributed by atoms with E-state index in [0.29, 0.717) is 37.6 Å². The Morgan fingerprint density at radius 2 is 1.96 bits per heavy atom. The summed E-state index contributed by atoms with van der Waals surface area (Å²) in [4.78, 5) is 17.2. The van der Waals surface area contributed by atoms with Gasteiger partial charge in [0.1, 0.15) is 12.7 Å². The van der Waals surface area contributed by atoms with Crippen LogP contribution in [0.3, 0.4) is 0 Å². The number of nitrogens with zero attached hydrogens (tertiary/aromatic N) is 3. The quantitative estimate of drug-likeness (QED) is 0.718. The summed E-state index contributed by atoms with van der Waals surface area (Å²) in [5, 5.41) is 7.86. The molecule has 7 heteroatoms. The molecule has 144 valence electrons. The molecule has 1 saturated heterocycles. The minimum atomic E-state index is -0.607. The first-order chi connectivity index (χ1) is 13.7. The number of amides is 1. The van der Waals surface area contributed by atoms with Gasteiger partial charge in [0.15, 0.2) is 0 Å². The summed E-state index contributed by atoms with van der Waals surface area (Å²) < 4.78 is 7.20. The zero-order valence-corrected chi connectivity index (χ0v) is 16.1. The second-order valence-corrected chi connectivity index (χ2v) is 7.33. The highest BCUT2D eigenvalue weighted by Gasteiger charge is 2.41. The van der Waals surface area contributed by atoms with Crippen LogP contribution in [-0.2, 0) is 21.5 Å². The number of hydrogen-bond acceptors (Lipinski definition) is 4. The fourth-order valence-electron chi connectivity index (χ4n) is 3.61. The van der Waals surface area contributed by atoms with Crippen LogP contribution in [-0.4, -0.2) is 33.9 Å². The Labute approximate surface area is 168 Å². The van der Waals surface area contributed by atoms with E-state index in [9.17, 15) is 4.79 Å². The SMILES string of the molecule is O=C(NCc1ccc(-n2cncn2)cc1)C1(c2cccc(Cl)c2)CCOCC1. The molecule has 0 unspecified atom stereocenters. The average molecular weight is 397 g/mol. The normalized spacial score (nSPS) is 15.9. The fraction of sp³-hybridized carbons (Fsp3) is 0.286. The zero-order chi connectivity index (χ0) is 19.4. The number of rotatable bonds is 5. The van der Waals surface area contributed by atoms with E-state index in [1.54, 1.807) is 11.0 Å².